The first-order valence-corrected chi connectivity index (χ1v) is 9.66. The summed E-state index contributed by atoms with van der Waals surface area (Å²) in [5.74, 6) is -3.54. The number of rotatable bonds is 6. The molecule has 0 radical (unpaired) electrons. The van der Waals surface area contributed by atoms with Crippen LogP contribution in [0.1, 0.15) is 38.2 Å². The molecule has 30 heavy (non-hydrogen) atoms. The zero-order valence-electron chi connectivity index (χ0n) is 17.3. The number of nitrogens with zero attached hydrogens (tertiary/aromatic N) is 4. The number of fused-ring (bicyclic) bond motifs is 1. The van der Waals surface area contributed by atoms with E-state index in [2.05, 4.69) is 20.3 Å². The zero-order valence-corrected chi connectivity index (χ0v) is 17.3. The van der Waals surface area contributed by atoms with E-state index < -0.39 is 11.7 Å². The highest BCUT2D eigenvalue weighted by molar-refractivity contribution is 5.98. The van der Waals surface area contributed by atoms with Gasteiger partial charge in [0.15, 0.2) is 5.82 Å². The number of anilines is 1. The van der Waals surface area contributed by atoms with Gasteiger partial charge in [0.25, 0.3) is 0 Å². The number of aromatic nitrogens is 4. The van der Waals surface area contributed by atoms with Crippen LogP contribution in [0.2, 0.25) is 0 Å². The summed E-state index contributed by atoms with van der Waals surface area (Å²) in [5, 5.41) is 3.42. The number of halogens is 2. The lowest BCUT2D eigenvalue weighted by Gasteiger charge is -2.15. The summed E-state index contributed by atoms with van der Waals surface area (Å²) in [6.45, 7) is 4.45. The molecule has 1 fully saturated rings. The van der Waals surface area contributed by atoms with Crippen LogP contribution in [-0.4, -0.2) is 38.1 Å². The molecule has 4 rings (SSSR count). The lowest BCUT2D eigenvalue weighted by Crippen LogP contribution is -2.19. The van der Waals surface area contributed by atoms with Crippen LogP contribution < -0.4 is 5.32 Å². The highest BCUT2D eigenvalue weighted by atomic mass is 19.3. The molecule has 1 aliphatic rings. The van der Waals surface area contributed by atoms with Crippen molar-refractivity contribution in [3.63, 3.8) is 0 Å². The Bertz CT molecular complexity index is 1130. The monoisotopic (exact) mass is 415 g/mol. The number of hydrogen-bond acceptors (Lipinski definition) is 5. The predicted octanol–water partition coefficient (Wildman–Crippen LogP) is 4.05. The van der Waals surface area contributed by atoms with E-state index in [0.717, 1.165) is 30.7 Å². The fourth-order valence-corrected chi connectivity index (χ4v) is 3.55. The predicted molar refractivity (Wildman–Crippen MR) is 108 cm³/mol. The molecule has 1 N–H and O–H groups in total. The van der Waals surface area contributed by atoms with Crippen LogP contribution in [0.4, 0.5) is 14.6 Å². The quantitative estimate of drug-likeness (QED) is 0.657. The van der Waals surface area contributed by atoms with E-state index in [-0.39, 0.29) is 11.5 Å². The van der Waals surface area contributed by atoms with Crippen molar-refractivity contribution in [2.24, 2.45) is 0 Å². The third-order valence-corrected chi connectivity index (χ3v) is 5.29. The fraction of sp³-hybridized carbons (Fsp3) is 0.429. The van der Waals surface area contributed by atoms with Crippen molar-refractivity contribution in [3.8, 4) is 11.3 Å². The van der Waals surface area contributed by atoms with E-state index in [9.17, 15) is 13.6 Å². The lowest BCUT2D eigenvalue weighted by atomic mass is 10.1. The van der Waals surface area contributed by atoms with Crippen molar-refractivity contribution >= 4 is 22.6 Å². The number of ether oxygens (including phenoxy) is 1. The number of amides is 1. The normalized spacial score (nSPS) is 15.4. The van der Waals surface area contributed by atoms with Crippen LogP contribution in [0.15, 0.2) is 24.5 Å². The minimum atomic E-state index is -3.16. The number of methoxy groups -OCH3 is 1. The van der Waals surface area contributed by atoms with Gasteiger partial charge in [-0.25, -0.2) is 15.0 Å². The van der Waals surface area contributed by atoms with Crippen LogP contribution in [0, 0.1) is 6.92 Å². The molecule has 1 saturated carbocycles. The maximum absolute atomic E-state index is 13.9. The number of hydrogen-bond donors (Lipinski definition) is 1. The Morgan fingerprint density at radius 3 is 2.67 bits per heavy atom. The van der Waals surface area contributed by atoms with E-state index in [4.69, 9.17) is 4.74 Å². The molecule has 0 spiro atoms. The summed E-state index contributed by atoms with van der Waals surface area (Å²) in [6, 6.07) is 3.41. The van der Waals surface area contributed by atoms with Crippen LogP contribution in [0.25, 0.3) is 22.2 Å². The van der Waals surface area contributed by atoms with Gasteiger partial charge >= 0.3 is 5.92 Å². The second-order valence-electron chi connectivity index (χ2n) is 7.93. The number of carbonyl (C=O) groups is 1. The molecule has 3 aromatic rings. The van der Waals surface area contributed by atoms with Gasteiger partial charge in [0.05, 0.1) is 29.6 Å². The number of alkyl halides is 2. The fourth-order valence-electron chi connectivity index (χ4n) is 3.55. The van der Waals surface area contributed by atoms with E-state index in [1.807, 2.05) is 10.8 Å². The van der Waals surface area contributed by atoms with Crippen LogP contribution in [-0.2, 0) is 22.0 Å². The summed E-state index contributed by atoms with van der Waals surface area (Å²) in [7, 11) is 1.69. The summed E-state index contributed by atoms with van der Waals surface area (Å²) in [6.07, 6.45) is 5.45. The minimum Gasteiger partial charge on any atom is -0.376 e. The SMILES string of the molecule is COC1(Cn2cc(-c3cc(C)nc(C(C)(F)F)n3)c3cc(NC(C)=O)ncc32)CC1. The molecule has 1 amide bonds. The third-order valence-electron chi connectivity index (χ3n) is 5.29. The Morgan fingerprint density at radius 1 is 1.33 bits per heavy atom. The average molecular weight is 415 g/mol. The van der Waals surface area contributed by atoms with Gasteiger partial charge < -0.3 is 14.6 Å². The summed E-state index contributed by atoms with van der Waals surface area (Å²) in [4.78, 5) is 23.8. The average Bonchev–Trinajstić information content (AvgIpc) is 3.35. The van der Waals surface area contributed by atoms with Crippen molar-refractivity contribution in [1.29, 1.82) is 0 Å². The largest absolute Gasteiger partial charge is 0.376 e. The van der Waals surface area contributed by atoms with Gasteiger partial charge in [-0.2, -0.15) is 8.78 Å². The Hall–Kier alpha value is -2.94. The molecular weight excluding hydrogens is 392 g/mol. The van der Waals surface area contributed by atoms with E-state index >= 15 is 0 Å². The molecule has 7 nitrogen and oxygen atoms in total. The topological polar surface area (TPSA) is 81.9 Å². The van der Waals surface area contributed by atoms with E-state index in [0.29, 0.717) is 29.3 Å². The summed E-state index contributed by atoms with van der Waals surface area (Å²) >= 11 is 0. The van der Waals surface area contributed by atoms with Crippen molar-refractivity contribution in [1.82, 2.24) is 19.5 Å². The molecule has 0 saturated heterocycles. The molecule has 0 aliphatic heterocycles. The Morgan fingerprint density at radius 2 is 2.07 bits per heavy atom. The van der Waals surface area contributed by atoms with Gasteiger partial charge in [-0.1, -0.05) is 0 Å². The summed E-state index contributed by atoms with van der Waals surface area (Å²) in [5.41, 5.74) is 2.10. The Labute approximate surface area is 172 Å². The Balaban J connectivity index is 1.89. The number of aryl methyl sites for hydroxylation is 1. The van der Waals surface area contributed by atoms with E-state index in [1.165, 1.54) is 6.92 Å². The van der Waals surface area contributed by atoms with Gasteiger partial charge in [0.1, 0.15) is 5.82 Å². The molecule has 0 aromatic carbocycles. The molecule has 0 bridgehead atoms. The van der Waals surface area contributed by atoms with Crippen LogP contribution in [0.3, 0.4) is 0 Å². The van der Waals surface area contributed by atoms with Crippen molar-refractivity contribution in [2.75, 3.05) is 12.4 Å². The highest BCUT2D eigenvalue weighted by Gasteiger charge is 2.43. The van der Waals surface area contributed by atoms with Crippen LogP contribution >= 0.6 is 0 Å². The first-order valence-electron chi connectivity index (χ1n) is 9.66. The van der Waals surface area contributed by atoms with Gasteiger partial charge in [-0.3, -0.25) is 4.79 Å². The maximum atomic E-state index is 13.9. The standard InChI is InChI=1S/C21H23F2N5O2/c1-12-7-16(27-19(25-12)20(3,22)23)15-10-28(11-21(30-4)5-6-21)17-9-24-18(8-14(15)17)26-13(2)29/h7-10H,5-6,11H2,1-4H3,(H,24,26,29). The van der Waals surface area contributed by atoms with Crippen LogP contribution in [0.5, 0.6) is 0 Å². The minimum absolute atomic E-state index is 0.220. The Kier molecular flexibility index (Phi) is 4.80. The molecule has 3 aromatic heterocycles. The maximum Gasteiger partial charge on any atom is 0.303 e. The van der Waals surface area contributed by atoms with Gasteiger partial charge in [-0.05, 0) is 31.9 Å². The molecule has 9 heteroatoms. The molecule has 0 atom stereocenters. The van der Waals surface area contributed by atoms with Crippen molar-refractivity contribution in [3.05, 3.63) is 36.0 Å². The van der Waals surface area contributed by atoms with Gasteiger partial charge in [-0.15, -0.1) is 0 Å². The first-order chi connectivity index (χ1) is 14.1. The molecule has 1 aliphatic carbocycles. The zero-order chi connectivity index (χ0) is 21.7. The third kappa shape index (κ3) is 3.89. The molecule has 3 heterocycles. The smallest absolute Gasteiger partial charge is 0.303 e. The second-order valence-corrected chi connectivity index (χ2v) is 7.93. The van der Waals surface area contributed by atoms with Gasteiger partial charge in [0, 0.05) is 43.8 Å². The van der Waals surface area contributed by atoms with Crippen molar-refractivity contribution in [2.45, 2.75) is 51.7 Å². The number of pyridine rings is 1. The highest BCUT2D eigenvalue weighted by Crippen LogP contribution is 2.42. The second kappa shape index (κ2) is 7.09. The first kappa shape index (κ1) is 20.3. The summed E-state index contributed by atoms with van der Waals surface area (Å²) < 4.78 is 35.5. The molecular formula is C21H23F2N5O2. The molecule has 158 valence electrons. The van der Waals surface area contributed by atoms with E-state index in [1.54, 1.807) is 32.4 Å². The molecule has 0 unspecified atom stereocenters. The van der Waals surface area contributed by atoms with Gasteiger partial charge in [0.2, 0.25) is 5.91 Å². The number of nitrogens with one attached hydrogen (secondary N) is 1. The van der Waals surface area contributed by atoms with Crippen molar-refractivity contribution < 1.29 is 18.3 Å². The number of carbonyl (C=O) groups excluding carboxylic acids is 1. The lowest BCUT2D eigenvalue weighted by molar-refractivity contribution is -0.114.